The molecule has 1 unspecified atom stereocenters. The number of nitrogens with one attached hydrogen (secondary N) is 1. The lowest BCUT2D eigenvalue weighted by atomic mass is 10.2. The van der Waals surface area contributed by atoms with Gasteiger partial charge in [-0.25, -0.2) is 4.79 Å². The topological polar surface area (TPSA) is 69.6 Å². The summed E-state index contributed by atoms with van der Waals surface area (Å²) in [6.45, 7) is 4.50. The number of nitrogens with zero attached hydrogens (tertiary/aromatic N) is 1. The highest BCUT2D eigenvalue weighted by atomic mass is 16.4. The number of aliphatic carboxylic acids is 1. The van der Waals surface area contributed by atoms with E-state index >= 15 is 0 Å². The third-order valence-corrected chi connectivity index (χ3v) is 1.80. The van der Waals surface area contributed by atoms with Crippen LogP contribution in [0.5, 0.6) is 0 Å². The lowest BCUT2D eigenvalue weighted by molar-refractivity contribution is -0.147. The summed E-state index contributed by atoms with van der Waals surface area (Å²) in [4.78, 5) is 23.6. The second-order valence-corrected chi connectivity index (χ2v) is 3.67. The number of hydrogen-bond acceptors (Lipinski definition) is 3. The number of carboxylic acids is 1. The van der Waals surface area contributed by atoms with Crippen LogP contribution in [0.25, 0.3) is 0 Å². The zero-order valence-corrected chi connectivity index (χ0v) is 9.07. The number of amides is 1. The van der Waals surface area contributed by atoms with Gasteiger partial charge in [0.1, 0.15) is 0 Å². The largest absolute Gasteiger partial charge is 0.480 e. The summed E-state index contributed by atoms with van der Waals surface area (Å²) in [6, 6.07) is -1.14. The summed E-state index contributed by atoms with van der Waals surface area (Å²) in [6.07, 6.45) is 0. The van der Waals surface area contributed by atoms with Crippen LogP contribution < -0.4 is 5.32 Å². The fourth-order valence-electron chi connectivity index (χ4n) is 1.21. The molecule has 0 saturated heterocycles. The molecule has 0 heterocycles. The van der Waals surface area contributed by atoms with Crippen LogP contribution in [-0.4, -0.2) is 48.6 Å². The van der Waals surface area contributed by atoms with E-state index in [0.717, 1.165) is 0 Å². The minimum atomic E-state index is -1.15. The molecule has 0 spiro atoms. The van der Waals surface area contributed by atoms with Crippen LogP contribution >= 0.6 is 0 Å². The summed E-state index contributed by atoms with van der Waals surface area (Å²) in [5, 5.41) is 11.2. The van der Waals surface area contributed by atoms with Gasteiger partial charge in [0, 0.05) is 13.6 Å². The van der Waals surface area contributed by atoms with Gasteiger partial charge in [0.15, 0.2) is 6.04 Å². The summed E-state index contributed by atoms with van der Waals surface area (Å²) in [7, 11) is 3.06. The van der Waals surface area contributed by atoms with Gasteiger partial charge in [-0.2, -0.15) is 0 Å². The predicted molar refractivity (Wildman–Crippen MR) is 53.0 cm³/mol. The van der Waals surface area contributed by atoms with E-state index in [9.17, 15) is 9.59 Å². The van der Waals surface area contributed by atoms with E-state index in [-0.39, 0.29) is 0 Å². The minimum Gasteiger partial charge on any atom is -0.480 e. The van der Waals surface area contributed by atoms with Gasteiger partial charge in [0.25, 0.3) is 5.91 Å². The Morgan fingerprint density at radius 2 is 1.93 bits per heavy atom. The van der Waals surface area contributed by atoms with Crippen molar-refractivity contribution < 1.29 is 14.7 Å². The monoisotopic (exact) mass is 202 g/mol. The Hall–Kier alpha value is -1.10. The van der Waals surface area contributed by atoms with E-state index in [1.165, 1.54) is 11.9 Å². The zero-order valence-electron chi connectivity index (χ0n) is 9.07. The lowest BCUT2D eigenvalue weighted by Crippen LogP contribution is -2.49. The molecule has 0 aliphatic heterocycles. The van der Waals surface area contributed by atoms with Crippen LogP contribution in [0.4, 0.5) is 0 Å². The fourth-order valence-corrected chi connectivity index (χ4v) is 1.21. The number of carbonyl (C=O) groups excluding carboxylic acids is 1. The molecule has 0 aromatic heterocycles. The van der Waals surface area contributed by atoms with Gasteiger partial charge in [-0.05, 0) is 13.0 Å². The first-order valence-corrected chi connectivity index (χ1v) is 4.55. The maximum absolute atomic E-state index is 11.5. The molecule has 2 N–H and O–H groups in total. The van der Waals surface area contributed by atoms with Gasteiger partial charge < -0.3 is 10.0 Å². The van der Waals surface area contributed by atoms with Gasteiger partial charge in [-0.1, -0.05) is 13.8 Å². The van der Waals surface area contributed by atoms with Crippen LogP contribution in [0.3, 0.4) is 0 Å². The van der Waals surface area contributed by atoms with Crippen molar-refractivity contribution in [3.05, 3.63) is 0 Å². The minimum absolute atomic E-state index is 0.329. The molecule has 1 atom stereocenters. The highest BCUT2D eigenvalue weighted by Crippen LogP contribution is 1.99. The smallest absolute Gasteiger partial charge is 0.330 e. The van der Waals surface area contributed by atoms with Gasteiger partial charge >= 0.3 is 5.97 Å². The van der Waals surface area contributed by atoms with Crippen LogP contribution in [0.15, 0.2) is 0 Å². The highest BCUT2D eigenvalue weighted by Gasteiger charge is 2.27. The number of carboxylic acid groups (broad SMARTS) is 1. The lowest BCUT2D eigenvalue weighted by Gasteiger charge is -2.22. The van der Waals surface area contributed by atoms with Gasteiger partial charge in [0.05, 0.1) is 0 Å². The molecular weight excluding hydrogens is 184 g/mol. The van der Waals surface area contributed by atoms with Gasteiger partial charge in [-0.3, -0.25) is 10.1 Å². The van der Waals surface area contributed by atoms with Crippen molar-refractivity contribution in [2.45, 2.75) is 19.9 Å². The summed E-state index contributed by atoms with van der Waals surface area (Å²) in [5.74, 6) is -1.22. The van der Waals surface area contributed by atoms with Crippen molar-refractivity contribution in [2.24, 2.45) is 5.92 Å². The molecule has 0 aliphatic rings. The summed E-state index contributed by atoms with van der Waals surface area (Å²) in [5.41, 5.74) is 0. The quantitative estimate of drug-likeness (QED) is 0.604. The molecule has 5 heteroatoms. The van der Waals surface area contributed by atoms with Gasteiger partial charge in [0.2, 0.25) is 0 Å². The maximum atomic E-state index is 11.5. The number of rotatable bonds is 5. The molecule has 0 aromatic rings. The number of carbonyl (C=O) groups is 2. The van der Waals surface area contributed by atoms with E-state index in [0.29, 0.717) is 12.5 Å². The molecule has 14 heavy (non-hydrogen) atoms. The molecule has 82 valence electrons. The SMILES string of the molecule is CNC(C(=O)O)C(=O)N(C)CC(C)C. The first-order chi connectivity index (χ1) is 6.40. The Bertz CT molecular complexity index is 216. The van der Waals surface area contributed by atoms with Crippen molar-refractivity contribution in [3.8, 4) is 0 Å². The van der Waals surface area contributed by atoms with Crippen LogP contribution in [0.2, 0.25) is 0 Å². The third kappa shape index (κ3) is 3.74. The molecule has 0 rings (SSSR count). The first-order valence-electron chi connectivity index (χ1n) is 4.55. The Labute approximate surface area is 84.1 Å². The van der Waals surface area contributed by atoms with Crippen molar-refractivity contribution >= 4 is 11.9 Å². The Balaban J connectivity index is 4.35. The first kappa shape index (κ1) is 12.9. The van der Waals surface area contributed by atoms with Crippen LogP contribution in [-0.2, 0) is 9.59 Å². The summed E-state index contributed by atoms with van der Waals surface area (Å²) >= 11 is 0. The molecular formula is C9H18N2O3. The van der Waals surface area contributed by atoms with Crippen LogP contribution in [0.1, 0.15) is 13.8 Å². The van der Waals surface area contributed by atoms with E-state index in [2.05, 4.69) is 5.32 Å². The second-order valence-electron chi connectivity index (χ2n) is 3.67. The third-order valence-electron chi connectivity index (χ3n) is 1.80. The molecule has 0 fully saturated rings. The fraction of sp³-hybridized carbons (Fsp3) is 0.778. The predicted octanol–water partition coefficient (Wildman–Crippen LogP) is -0.227. The number of likely N-dealkylation sites (N-methyl/N-ethyl adjacent to an activating group) is 2. The van der Waals surface area contributed by atoms with Crippen molar-refractivity contribution in [2.75, 3.05) is 20.6 Å². The molecule has 0 saturated carbocycles. The molecule has 5 nitrogen and oxygen atoms in total. The second kappa shape index (κ2) is 5.59. The molecule has 1 amide bonds. The van der Waals surface area contributed by atoms with E-state index < -0.39 is 17.9 Å². The molecule has 0 radical (unpaired) electrons. The standard InChI is InChI=1S/C9H18N2O3/c1-6(2)5-11(4)8(12)7(10-3)9(13)14/h6-7,10H,5H2,1-4H3,(H,13,14). The molecule has 0 aliphatic carbocycles. The Morgan fingerprint density at radius 1 is 1.43 bits per heavy atom. The molecule has 0 bridgehead atoms. The van der Waals surface area contributed by atoms with Crippen molar-refractivity contribution in [3.63, 3.8) is 0 Å². The van der Waals surface area contributed by atoms with Crippen molar-refractivity contribution in [1.82, 2.24) is 10.2 Å². The normalized spacial score (nSPS) is 12.6. The molecule has 0 aromatic carbocycles. The Morgan fingerprint density at radius 3 is 2.21 bits per heavy atom. The average Bonchev–Trinajstić information content (AvgIpc) is 2.03. The Kier molecular flexibility index (Phi) is 5.15. The van der Waals surface area contributed by atoms with E-state index in [1.54, 1.807) is 7.05 Å². The number of hydrogen-bond donors (Lipinski definition) is 2. The zero-order chi connectivity index (χ0) is 11.3. The average molecular weight is 202 g/mol. The van der Waals surface area contributed by atoms with E-state index in [4.69, 9.17) is 5.11 Å². The van der Waals surface area contributed by atoms with Crippen LogP contribution in [0, 0.1) is 5.92 Å². The van der Waals surface area contributed by atoms with Crippen molar-refractivity contribution in [1.29, 1.82) is 0 Å². The van der Waals surface area contributed by atoms with E-state index in [1.807, 2.05) is 13.8 Å². The maximum Gasteiger partial charge on any atom is 0.330 e. The highest BCUT2D eigenvalue weighted by molar-refractivity contribution is 6.00. The van der Waals surface area contributed by atoms with Gasteiger partial charge in [-0.15, -0.1) is 0 Å². The summed E-state index contributed by atoms with van der Waals surface area (Å²) < 4.78 is 0.